The quantitative estimate of drug-likeness (QED) is 0.748. The van der Waals surface area contributed by atoms with Crippen LogP contribution in [0.25, 0.3) is 0 Å². The molecule has 0 aliphatic rings. The molecule has 110 valence electrons. The number of hydrogen-bond donors (Lipinski definition) is 3. The Morgan fingerprint density at radius 1 is 1.35 bits per heavy atom. The van der Waals surface area contributed by atoms with Crippen LogP contribution in [-0.2, 0) is 11.3 Å². The van der Waals surface area contributed by atoms with Gasteiger partial charge in [-0.1, -0.05) is 6.07 Å². The second-order valence-electron chi connectivity index (χ2n) is 4.40. The maximum atomic E-state index is 13.3. The number of aliphatic carboxylic acids is 1. The van der Waals surface area contributed by atoms with Crippen LogP contribution in [-0.4, -0.2) is 23.1 Å². The molecule has 0 aromatic heterocycles. The Labute approximate surface area is 115 Å². The molecule has 0 spiro atoms. The fourth-order valence-electron chi connectivity index (χ4n) is 1.53. The molecule has 0 saturated carbocycles. The Hall–Kier alpha value is -2.18. The monoisotopic (exact) mass is 286 g/mol. The van der Waals surface area contributed by atoms with Crippen molar-refractivity contribution in [3.8, 4) is 0 Å². The van der Waals surface area contributed by atoms with Gasteiger partial charge in [-0.15, -0.1) is 0 Å². The molecule has 1 aromatic rings. The molecule has 0 heterocycles. The zero-order valence-corrected chi connectivity index (χ0v) is 11.0. The molecule has 0 saturated heterocycles. The van der Waals surface area contributed by atoms with Crippen LogP contribution in [0.15, 0.2) is 18.2 Å². The summed E-state index contributed by atoms with van der Waals surface area (Å²) in [4.78, 5) is 21.8. The fourth-order valence-corrected chi connectivity index (χ4v) is 1.53. The van der Waals surface area contributed by atoms with Gasteiger partial charge in [0.2, 0.25) is 0 Å². The van der Waals surface area contributed by atoms with Gasteiger partial charge in [0.15, 0.2) is 0 Å². The van der Waals surface area contributed by atoms with Crippen molar-refractivity contribution in [1.29, 1.82) is 0 Å². The first-order chi connectivity index (χ1) is 9.38. The highest BCUT2D eigenvalue weighted by Gasteiger charge is 2.10. The maximum absolute atomic E-state index is 13.3. The molecule has 1 rings (SSSR count). The third kappa shape index (κ3) is 5.64. The van der Waals surface area contributed by atoms with E-state index in [1.807, 2.05) is 0 Å². The van der Waals surface area contributed by atoms with Gasteiger partial charge in [-0.3, -0.25) is 4.79 Å². The maximum Gasteiger partial charge on any atom is 0.315 e. The minimum absolute atomic E-state index is 0.0476. The van der Waals surface area contributed by atoms with E-state index in [1.54, 1.807) is 6.92 Å². The number of carboxylic acids is 1. The lowest BCUT2D eigenvalue weighted by molar-refractivity contribution is -0.137. The molecule has 5 nitrogen and oxygen atoms in total. The summed E-state index contributed by atoms with van der Waals surface area (Å²) in [7, 11) is 0. The van der Waals surface area contributed by atoms with Gasteiger partial charge in [-0.05, 0) is 19.4 Å². The summed E-state index contributed by atoms with van der Waals surface area (Å²) in [5.41, 5.74) is 0.166. The number of carboxylic acid groups (broad SMARTS) is 1. The molecule has 0 aliphatic carbocycles. The summed E-state index contributed by atoms with van der Waals surface area (Å²) in [6, 6.07) is 2.24. The van der Waals surface area contributed by atoms with Crippen LogP contribution >= 0.6 is 0 Å². The molecular weight excluding hydrogens is 270 g/mol. The molecule has 0 radical (unpaired) electrons. The van der Waals surface area contributed by atoms with Gasteiger partial charge in [0.1, 0.15) is 11.6 Å². The summed E-state index contributed by atoms with van der Waals surface area (Å²) >= 11 is 0. The van der Waals surface area contributed by atoms with E-state index in [9.17, 15) is 18.4 Å². The van der Waals surface area contributed by atoms with Gasteiger partial charge in [-0.2, -0.15) is 0 Å². The van der Waals surface area contributed by atoms with Crippen LogP contribution in [0.4, 0.5) is 13.6 Å². The van der Waals surface area contributed by atoms with Gasteiger partial charge in [0.25, 0.3) is 0 Å². The Bertz CT molecular complexity index is 495. The zero-order chi connectivity index (χ0) is 15.1. The van der Waals surface area contributed by atoms with Crippen molar-refractivity contribution in [3.63, 3.8) is 0 Å². The van der Waals surface area contributed by atoms with Crippen LogP contribution < -0.4 is 10.6 Å². The molecule has 0 fully saturated rings. The normalized spacial score (nSPS) is 11.8. The van der Waals surface area contributed by atoms with Crippen molar-refractivity contribution >= 4 is 12.0 Å². The number of hydrogen-bond acceptors (Lipinski definition) is 2. The predicted molar refractivity (Wildman–Crippen MR) is 68.1 cm³/mol. The topological polar surface area (TPSA) is 78.4 Å². The first-order valence-corrected chi connectivity index (χ1v) is 6.08. The average molecular weight is 286 g/mol. The molecule has 0 aliphatic heterocycles. The van der Waals surface area contributed by atoms with Crippen molar-refractivity contribution in [2.45, 2.75) is 32.4 Å². The number of amides is 2. The van der Waals surface area contributed by atoms with Crippen molar-refractivity contribution in [1.82, 2.24) is 10.6 Å². The Morgan fingerprint density at radius 3 is 2.65 bits per heavy atom. The highest BCUT2D eigenvalue weighted by atomic mass is 19.1. The number of rotatable bonds is 6. The number of urea groups is 1. The highest BCUT2D eigenvalue weighted by Crippen LogP contribution is 2.08. The largest absolute Gasteiger partial charge is 0.481 e. The van der Waals surface area contributed by atoms with E-state index in [2.05, 4.69) is 10.6 Å². The van der Waals surface area contributed by atoms with Crippen molar-refractivity contribution in [2.24, 2.45) is 0 Å². The summed E-state index contributed by atoms with van der Waals surface area (Å²) in [6.07, 6.45) is 0.252. The lowest BCUT2D eigenvalue weighted by atomic mass is 10.2. The lowest BCUT2D eigenvalue weighted by Gasteiger charge is -2.13. The summed E-state index contributed by atoms with van der Waals surface area (Å²) in [5.74, 6) is -2.35. The van der Waals surface area contributed by atoms with E-state index in [-0.39, 0.29) is 24.6 Å². The third-order valence-electron chi connectivity index (χ3n) is 2.62. The lowest BCUT2D eigenvalue weighted by Crippen LogP contribution is -2.40. The minimum atomic E-state index is -0.938. The van der Waals surface area contributed by atoms with Crippen molar-refractivity contribution < 1.29 is 23.5 Å². The molecular formula is C13H16F2N2O3. The van der Waals surface area contributed by atoms with E-state index < -0.39 is 23.6 Å². The number of carbonyl (C=O) groups is 2. The van der Waals surface area contributed by atoms with E-state index in [0.29, 0.717) is 6.42 Å². The third-order valence-corrected chi connectivity index (χ3v) is 2.62. The van der Waals surface area contributed by atoms with Gasteiger partial charge < -0.3 is 15.7 Å². The summed E-state index contributed by atoms with van der Waals surface area (Å²) < 4.78 is 26.0. The van der Waals surface area contributed by atoms with E-state index >= 15 is 0 Å². The van der Waals surface area contributed by atoms with Crippen molar-refractivity contribution in [2.75, 3.05) is 0 Å². The Kier molecular flexibility index (Phi) is 5.89. The number of benzene rings is 1. The van der Waals surface area contributed by atoms with Gasteiger partial charge in [0.05, 0.1) is 0 Å². The number of carbonyl (C=O) groups excluding carboxylic acids is 1. The molecule has 2 amide bonds. The first-order valence-electron chi connectivity index (χ1n) is 6.08. The van der Waals surface area contributed by atoms with Gasteiger partial charge >= 0.3 is 12.0 Å². The van der Waals surface area contributed by atoms with Crippen molar-refractivity contribution in [3.05, 3.63) is 35.4 Å². The summed E-state index contributed by atoms with van der Waals surface area (Å²) in [6.45, 7) is 1.59. The zero-order valence-electron chi connectivity index (χ0n) is 11.0. The molecule has 1 aromatic carbocycles. The minimum Gasteiger partial charge on any atom is -0.481 e. The average Bonchev–Trinajstić information content (AvgIpc) is 2.35. The van der Waals surface area contributed by atoms with E-state index in [0.717, 1.165) is 12.1 Å². The molecule has 0 bridgehead atoms. The van der Waals surface area contributed by atoms with Crippen LogP contribution in [0.1, 0.15) is 25.3 Å². The SMILES string of the molecule is CC(CCC(=O)O)NC(=O)NCc1ccc(F)cc1F. The fraction of sp³-hybridized carbons (Fsp3) is 0.385. The van der Waals surface area contributed by atoms with Crippen LogP contribution in [0.5, 0.6) is 0 Å². The van der Waals surface area contributed by atoms with Gasteiger partial charge in [0, 0.05) is 30.6 Å². The van der Waals surface area contributed by atoms with Crippen LogP contribution in [0, 0.1) is 11.6 Å². The molecule has 3 N–H and O–H groups in total. The molecule has 1 atom stereocenters. The standard InChI is InChI=1S/C13H16F2N2O3/c1-8(2-5-12(18)19)17-13(20)16-7-9-3-4-10(14)6-11(9)15/h3-4,6,8H,2,5,7H2,1H3,(H,18,19)(H2,16,17,20). The highest BCUT2D eigenvalue weighted by molar-refractivity contribution is 5.74. The smallest absolute Gasteiger partial charge is 0.315 e. The predicted octanol–water partition coefficient (Wildman–Crippen LogP) is 2.02. The van der Waals surface area contributed by atoms with Gasteiger partial charge in [-0.25, -0.2) is 13.6 Å². The Morgan fingerprint density at radius 2 is 2.05 bits per heavy atom. The first kappa shape index (κ1) is 15.9. The molecule has 20 heavy (non-hydrogen) atoms. The van der Waals surface area contributed by atoms with Crippen LogP contribution in [0.2, 0.25) is 0 Å². The summed E-state index contributed by atoms with van der Waals surface area (Å²) in [5, 5.41) is 13.4. The molecule has 1 unspecified atom stereocenters. The second-order valence-corrected chi connectivity index (χ2v) is 4.40. The van der Waals surface area contributed by atoms with E-state index in [1.165, 1.54) is 6.07 Å². The Balaban J connectivity index is 2.37. The number of halogens is 2. The van der Waals surface area contributed by atoms with Crippen LogP contribution in [0.3, 0.4) is 0 Å². The van der Waals surface area contributed by atoms with E-state index in [4.69, 9.17) is 5.11 Å². The second kappa shape index (κ2) is 7.42. The number of nitrogens with one attached hydrogen (secondary N) is 2. The molecule has 7 heteroatoms.